The summed E-state index contributed by atoms with van der Waals surface area (Å²) in [5.41, 5.74) is 4.09. The van der Waals surface area contributed by atoms with Gasteiger partial charge in [-0.15, -0.1) is 5.10 Å². The minimum absolute atomic E-state index is 0.0777. The van der Waals surface area contributed by atoms with Crippen LogP contribution in [0.3, 0.4) is 0 Å². The van der Waals surface area contributed by atoms with Crippen LogP contribution in [0, 0.1) is 13.8 Å². The first-order valence-corrected chi connectivity index (χ1v) is 8.58. The summed E-state index contributed by atoms with van der Waals surface area (Å²) in [6, 6.07) is 15.7. The van der Waals surface area contributed by atoms with Crippen LogP contribution in [-0.4, -0.2) is 26.8 Å². The van der Waals surface area contributed by atoms with Gasteiger partial charge in [0.15, 0.2) is 5.82 Å². The number of thioether (sulfide) groups is 1. The molecule has 0 spiro atoms. The van der Waals surface area contributed by atoms with Crippen molar-refractivity contribution in [2.45, 2.75) is 19.0 Å². The lowest BCUT2D eigenvalue weighted by Crippen LogP contribution is -2.14. The third-order valence-corrected chi connectivity index (χ3v) is 4.38. The smallest absolute Gasteiger partial charge is 0.234 e. The van der Waals surface area contributed by atoms with Gasteiger partial charge >= 0.3 is 0 Å². The Morgan fingerprint density at radius 1 is 1.12 bits per heavy atom. The summed E-state index contributed by atoms with van der Waals surface area (Å²) >= 11 is 1.31. The average molecular weight is 338 g/mol. The van der Waals surface area contributed by atoms with Gasteiger partial charge in [0.05, 0.1) is 5.75 Å². The van der Waals surface area contributed by atoms with Crippen molar-refractivity contribution in [2.24, 2.45) is 0 Å². The van der Waals surface area contributed by atoms with Crippen molar-refractivity contribution in [3.63, 3.8) is 0 Å². The van der Waals surface area contributed by atoms with Crippen molar-refractivity contribution in [1.29, 1.82) is 0 Å². The van der Waals surface area contributed by atoms with Crippen LogP contribution in [0.1, 0.15) is 11.1 Å². The van der Waals surface area contributed by atoms with Crippen molar-refractivity contribution < 1.29 is 4.79 Å². The van der Waals surface area contributed by atoms with E-state index in [9.17, 15) is 4.79 Å². The van der Waals surface area contributed by atoms with E-state index < -0.39 is 0 Å². The maximum Gasteiger partial charge on any atom is 0.234 e. The summed E-state index contributed by atoms with van der Waals surface area (Å²) in [6.45, 7) is 4.04. The Hall–Kier alpha value is -2.60. The fraction of sp³-hybridized carbons (Fsp3) is 0.167. The standard InChI is InChI=1S/C18H18N4OS/c1-12-7-9-14(10-8-12)19-16(23)11-24-18-20-17(21-22-18)15-6-4-3-5-13(15)2/h3-10H,11H2,1-2H3,(H,19,23)(H,20,21,22). The summed E-state index contributed by atoms with van der Waals surface area (Å²) in [7, 11) is 0. The number of aryl methyl sites for hydroxylation is 2. The Morgan fingerprint density at radius 2 is 1.88 bits per heavy atom. The van der Waals surface area contributed by atoms with E-state index in [4.69, 9.17) is 0 Å². The van der Waals surface area contributed by atoms with Crippen LogP contribution in [-0.2, 0) is 4.79 Å². The number of carbonyl (C=O) groups is 1. The molecule has 0 aliphatic rings. The molecule has 0 saturated carbocycles. The highest BCUT2D eigenvalue weighted by Gasteiger charge is 2.10. The molecule has 24 heavy (non-hydrogen) atoms. The van der Waals surface area contributed by atoms with Gasteiger partial charge < -0.3 is 5.32 Å². The Labute approximate surface area is 144 Å². The lowest BCUT2D eigenvalue weighted by atomic mass is 10.1. The Balaban J connectivity index is 1.58. The molecule has 2 N–H and O–H groups in total. The molecule has 0 aliphatic heterocycles. The van der Waals surface area contributed by atoms with Crippen molar-refractivity contribution in [1.82, 2.24) is 15.2 Å². The van der Waals surface area contributed by atoms with Crippen LogP contribution in [0.4, 0.5) is 5.69 Å². The van der Waals surface area contributed by atoms with Gasteiger partial charge in [-0.2, -0.15) is 0 Å². The molecule has 2 aromatic carbocycles. The number of carbonyl (C=O) groups excluding carboxylic acids is 1. The van der Waals surface area contributed by atoms with E-state index in [0.717, 1.165) is 28.2 Å². The van der Waals surface area contributed by atoms with Gasteiger partial charge in [0.1, 0.15) is 0 Å². The highest BCUT2D eigenvalue weighted by Crippen LogP contribution is 2.22. The quantitative estimate of drug-likeness (QED) is 0.694. The predicted molar refractivity (Wildman–Crippen MR) is 97.1 cm³/mol. The Bertz CT molecular complexity index is 842. The van der Waals surface area contributed by atoms with E-state index >= 15 is 0 Å². The van der Waals surface area contributed by atoms with Gasteiger partial charge in [-0.25, -0.2) is 4.98 Å². The number of benzene rings is 2. The minimum atomic E-state index is -0.0777. The molecule has 0 aliphatic carbocycles. The zero-order valence-corrected chi connectivity index (χ0v) is 14.4. The lowest BCUT2D eigenvalue weighted by molar-refractivity contribution is -0.113. The van der Waals surface area contributed by atoms with Crippen molar-refractivity contribution in [3.8, 4) is 11.4 Å². The number of H-pyrrole nitrogens is 1. The third-order valence-electron chi connectivity index (χ3n) is 3.53. The summed E-state index contributed by atoms with van der Waals surface area (Å²) < 4.78 is 0. The van der Waals surface area contributed by atoms with Crippen LogP contribution < -0.4 is 5.32 Å². The molecule has 0 unspecified atom stereocenters. The summed E-state index contributed by atoms with van der Waals surface area (Å²) in [5.74, 6) is 0.902. The number of nitrogens with one attached hydrogen (secondary N) is 2. The van der Waals surface area contributed by atoms with Gasteiger partial charge in [0.2, 0.25) is 11.1 Å². The molecule has 1 heterocycles. The molecule has 0 bridgehead atoms. The molecule has 1 aromatic heterocycles. The number of rotatable bonds is 5. The number of amides is 1. The van der Waals surface area contributed by atoms with Gasteiger partial charge in [-0.3, -0.25) is 9.89 Å². The molecule has 3 rings (SSSR count). The van der Waals surface area contributed by atoms with E-state index in [-0.39, 0.29) is 11.7 Å². The Morgan fingerprint density at radius 3 is 2.62 bits per heavy atom. The molecule has 0 saturated heterocycles. The zero-order valence-electron chi connectivity index (χ0n) is 13.5. The van der Waals surface area contributed by atoms with E-state index in [1.165, 1.54) is 11.8 Å². The first-order chi connectivity index (χ1) is 11.6. The molecular formula is C18H18N4OS. The van der Waals surface area contributed by atoms with E-state index in [0.29, 0.717) is 5.16 Å². The fourth-order valence-electron chi connectivity index (χ4n) is 2.23. The van der Waals surface area contributed by atoms with Gasteiger partial charge in [-0.05, 0) is 31.5 Å². The summed E-state index contributed by atoms with van der Waals surface area (Å²) in [5, 5.41) is 10.5. The summed E-state index contributed by atoms with van der Waals surface area (Å²) in [6.07, 6.45) is 0. The fourth-order valence-corrected chi connectivity index (χ4v) is 2.83. The van der Waals surface area contributed by atoms with E-state index in [2.05, 4.69) is 20.5 Å². The SMILES string of the molecule is Cc1ccc(NC(=O)CSc2n[nH]c(-c3ccccc3C)n2)cc1. The van der Waals surface area contributed by atoms with Crippen LogP contribution >= 0.6 is 11.8 Å². The second-order valence-corrected chi connectivity index (χ2v) is 6.43. The minimum Gasteiger partial charge on any atom is -0.325 e. The van der Waals surface area contributed by atoms with Crippen LogP contribution in [0.25, 0.3) is 11.4 Å². The number of aromatic amines is 1. The first kappa shape index (κ1) is 16.3. The highest BCUT2D eigenvalue weighted by atomic mass is 32.2. The number of nitrogens with zero attached hydrogens (tertiary/aromatic N) is 2. The number of aromatic nitrogens is 3. The van der Waals surface area contributed by atoms with E-state index in [1.54, 1.807) is 0 Å². The third kappa shape index (κ3) is 4.02. The molecule has 0 atom stereocenters. The monoisotopic (exact) mass is 338 g/mol. The number of hydrogen-bond donors (Lipinski definition) is 2. The molecule has 6 heteroatoms. The van der Waals surface area contributed by atoms with Gasteiger partial charge in [0.25, 0.3) is 0 Å². The predicted octanol–water partition coefficient (Wildman–Crippen LogP) is 3.82. The Kier molecular flexibility index (Phi) is 4.96. The molecular weight excluding hydrogens is 320 g/mol. The van der Waals surface area contributed by atoms with E-state index in [1.807, 2.05) is 62.4 Å². The zero-order chi connectivity index (χ0) is 16.9. The van der Waals surface area contributed by atoms with Crippen LogP contribution in [0.2, 0.25) is 0 Å². The highest BCUT2D eigenvalue weighted by molar-refractivity contribution is 7.99. The van der Waals surface area contributed by atoms with Crippen molar-refractivity contribution in [3.05, 3.63) is 59.7 Å². The van der Waals surface area contributed by atoms with Crippen LogP contribution in [0.15, 0.2) is 53.7 Å². The largest absolute Gasteiger partial charge is 0.325 e. The van der Waals surface area contributed by atoms with Gasteiger partial charge in [-0.1, -0.05) is 53.7 Å². The molecule has 5 nitrogen and oxygen atoms in total. The average Bonchev–Trinajstić information content (AvgIpc) is 3.04. The first-order valence-electron chi connectivity index (χ1n) is 7.59. The molecule has 0 radical (unpaired) electrons. The number of hydrogen-bond acceptors (Lipinski definition) is 4. The second kappa shape index (κ2) is 7.31. The van der Waals surface area contributed by atoms with Crippen LogP contribution in [0.5, 0.6) is 0 Å². The topological polar surface area (TPSA) is 70.7 Å². The van der Waals surface area contributed by atoms with Crippen molar-refractivity contribution in [2.75, 3.05) is 11.1 Å². The maximum atomic E-state index is 12.0. The molecule has 0 fully saturated rings. The lowest BCUT2D eigenvalue weighted by Gasteiger charge is -2.04. The maximum absolute atomic E-state index is 12.0. The van der Waals surface area contributed by atoms with Crippen molar-refractivity contribution >= 4 is 23.4 Å². The molecule has 1 amide bonds. The molecule has 3 aromatic rings. The molecule has 122 valence electrons. The second-order valence-electron chi connectivity index (χ2n) is 5.48. The normalized spacial score (nSPS) is 10.6. The van der Waals surface area contributed by atoms with Gasteiger partial charge in [0, 0.05) is 11.3 Å². The number of anilines is 1. The summed E-state index contributed by atoms with van der Waals surface area (Å²) in [4.78, 5) is 16.5.